The van der Waals surface area contributed by atoms with E-state index in [0.717, 1.165) is 34.3 Å². The van der Waals surface area contributed by atoms with E-state index >= 15 is 0 Å². The van der Waals surface area contributed by atoms with Crippen LogP contribution in [0.3, 0.4) is 0 Å². The van der Waals surface area contributed by atoms with Crippen LogP contribution in [0.5, 0.6) is 5.75 Å². The molecule has 3 rings (SSSR count). The summed E-state index contributed by atoms with van der Waals surface area (Å²) in [4.78, 5) is 0. The minimum Gasteiger partial charge on any atom is -0.494 e. The summed E-state index contributed by atoms with van der Waals surface area (Å²) in [6.07, 6.45) is 0.949. The van der Waals surface area contributed by atoms with Crippen molar-refractivity contribution in [2.75, 3.05) is 22.8 Å². The number of rotatable bonds is 8. The lowest BCUT2D eigenvalue weighted by Gasteiger charge is -2.16. The molecule has 0 unspecified atom stereocenters. The molecule has 156 valence electrons. The molecule has 2 aromatic carbocycles. The quantitative estimate of drug-likeness (QED) is 0.541. The van der Waals surface area contributed by atoms with Gasteiger partial charge in [-0.2, -0.15) is 0 Å². The van der Waals surface area contributed by atoms with Gasteiger partial charge in [0, 0.05) is 28.7 Å². The number of aromatic nitrogens is 1. The van der Waals surface area contributed by atoms with E-state index in [1.54, 1.807) is 19.1 Å². The van der Waals surface area contributed by atoms with E-state index in [0.29, 0.717) is 18.0 Å². The molecular weight excluding hydrogens is 386 g/mol. The van der Waals surface area contributed by atoms with Gasteiger partial charge >= 0.3 is 0 Å². The van der Waals surface area contributed by atoms with E-state index in [-0.39, 0.29) is 11.8 Å². The number of nitrogens with zero attached hydrogens (tertiary/aromatic N) is 1. The van der Waals surface area contributed by atoms with E-state index < -0.39 is 10.0 Å². The first kappa shape index (κ1) is 21.0. The number of benzene rings is 2. The molecule has 3 aromatic rings. The average Bonchev–Trinajstić information content (AvgIpc) is 2.99. The Balaban J connectivity index is 2.08. The van der Waals surface area contributed by atoms with Crippen LogP contribution in [-0.4, -0.2) is 25.3 Å². The zero-order valence-electron chi connectivity index (χ0n) is 17.4. The highest BCUT2D eigenvalue weighted by atomic mass is 32.2. The monoisotopic (exact) mass is 415 g/mol. The van der Waals surface area contributed by atoms with Crippen molar-refractivity contribution in [1.29, 1.82) is 0 Å². The summed E-state index contributed by atoms with van der Waals surface area (Å²) < 4.78 is 34.2. The average molecular weight is 416 g/mol. The Morgan fingerprint density at radius 2 is 1.79 bits per heavy atom. The van der Waals surface area contributed by atoms with Crippen LogP contribution < -0.4 is 15.2 Å². The molecule has 0 saturated heterocycles. The molecule has 0 aliphatic carbocycles. The Kier molecular flexibility index (Phi) is 6.07. The zero-order chi connectivity index (χ0) is 21.2. The van der Waals surface area contributed by atoms with E-state index in [4.69, 9.17) is 10.5 Å². The second kappa shape index (κ2) is 8.37. The van der Waals surface area contributed by atoms with E-state index in [2.05, 4.69) is 30.1 Å². The normalized spacial score (nSPS) is 11.9. The van der Waals surface area contributed by atoms with Gasteiger partial charge in [0.1, 0.15) is 5.75 Å². The van der Waals surface area contributed by atoms with Crippen molar-refractivity contribution in [3.8, 4) is 17.0 Å². The number of nitrogen functional groups attached to an aromatic ring is 1. The van der Waals surface area contributed by atoms with Gasteiger partial charge in [-0.05, 0) is 51.5 Å². The third-order valence-corrected chi connectivity index (χ3v) is 6.12. The molecule has 29 heavy (non-hydrogen) atoms. The predicted molar refractivity (Wildman–Crippen MR) is 121 cm³/mol. The Morgan fingerprint density at radius 3 is 2.38 bits per heavy atom. The Morgan fingerprint density at radius 1 is 1.10 bits per heavy atom. The lowest BCUT2D eigenvalue weighted by Crippen LogP contribution is -2.14. The molecule has 7 heteroatoms. The topological polar surface area (TPSA) is 86.3 Å². The van der Waals surface area contributed by atoms with Crippen LogP contribution in [0.2, 0.25) is 0 Å². The van der Waals surface area contributed by atoms with Crippen molar-refractivity contribution in [3.63, 3.8) is 0 Å². The van der Waals surface area contributed by atoms with Crippen LogP contribution in [0.1, 0.15) is 40.2 Å². The summed E-state index contributed by atoms with van der Waals surface area (Å²) in [6.45, 7) is 8.59. The van der Waals surface area contributed by atoms with Crippen LogP contribution >= 0.6 is 0 Å². The second-order valence-corrected chi connectivity index (χ2v) is 9.35. The van der Waals surface area contributed by atoms with Gasteiger partial charge in [-0.25, -0.2) is 8.42 Å². The van der Waals surface area contributed by atoms with Crippen LogP contribution in [0.4, 0.5) is 11.4 Å². The van der Waals surface area contributed by atoms with Crippen molar-refractivity contribution in [2.45, 2.75) is 40.2 Å². The summed E-state index contributed by atoms with van der Waals surface area (Å²) in [7, 11) is -3.31. The zero-order valence-corrected chi connectivity index (χ0v) is 18.2. The summed E-state index contributed by atoms with van der Waals surface area (Å²) in [6, 6.07) is 13.5. The SMILES string of the molecule is CCCOc1ccc2c(N)c(-c3ccc(NS(=O)(=O)CC)cc3)n(C(C)C)c2c1. The number of sulfonamides is 1. The van der Waals surface area contributed by atoms with Gasteiger partial charge in [0.25, 0.3) is 0 Å². The third kappa shape index (κ3) is 4.34. The van der Waals surface area contributed by atoms with Crippen LogP contribution in [0, 0.1) is 0 Å². The minimum atomic E-state index is -3.31. The Labute approximate surface area is 172 Å². The molecule has 0 saturated carbocycles. The van der Waals surface area contributed by atoms with Crippen molar-refractivity contribution < 1.29 is 13.2 Å². The highest BCUT2D eigenvalue weighted by molar-refractivity contribution is 7.92. The highest BCUT2D eigenvalue weighted by Crippen LogP contribution is 2.40. The molecular formula is C22H29N3O3S. The first-order valence-corrected chi connectivity index (χ1v) is 11.6. The Bertz CT molecular complexity index is 1100. The highest BCUT2D eigenvalue weighted by Gasteiger charge is 2.19. The maximum Gasteiger partial charge on any atom is 0.232 e. The first-order valence-electron chi connectivity index (χ1n) is 9.94. The lowest BCUT2D eigenvalue weighted by atomic mass is 10.1. The smallest absolute Gasteiger partial charge is 0.232 e. The van der Waals surface area contributed by atoms with E-state index in [1.165, 1.54) is 0 Å². The van der Waals surface area contributed by atoms with Crippen molar-refractivity contribution in [2.24, 2.45) is 0 Å². The number of nitrogens with one attached hydrogen (secondary N) is 1. The number of hydrogen-bond donors (Lipinski definition) is 2. The molecule has 0 atom stereocenters. The number of anilines is 2. The number of hydrogen-bond acceptors (Lipinski definition) is 4. The summed E-state index contributed by atoms with van der Waals surface area (Å²) in [5, 5.41) is 0.980. The molecule has 0 aliphatic heterocycles. The fraction of sp³-hybridized carbons (Fsp3) is 0.364. The molecule has 3 N–H and O–H groups in total. The van der Waals surface area contributed by atoms with Gasteiger partial charge in [0.05, 0.1) is 29.3 Å². The maximum absolute atomic E-state index is 11.8. The van der Waals surface area contributed by atoms with Crippen LogP contribution in [-0.2, 0) is 10.0 Å². The molecule has 0 aliphatic rings. The standard InChI is InChI=1S/C22H29N3O3S/c1-5-13-28-18-11-12-19-20(14-18)25(15(3)4)22(21(19)23)16-7-9-17(10-8-16)24-29(26,27)6-2/h7-12,14-15,24H,5-6,13,23H2,1-4H3. The second-order valence-electron chi connectivity index (χ2n) is 7.34. The molecule has 0 radical (unpaired) electrons. The van der Waals surface area contributed by atoms with Gasteiger partial charge in [-0.15, -0.1) is 0 Å². The molecule has 1 heterocycles. The van der Waals surface area contributed by atoms with Crippen molar-refractivity contribution in [1.82, 2.24) is 4.57 Å². The third-order valence-electron chi connectivity index (χ3n) is 4.82. The molecule has 0 bridgehead atoms. The van der Waals surface area contributed by atoms with E-state index in [9.17, 15) is 8.42 Å². The summed E-state index contributed by atoms with van der Waals surface area (Å²) in [5.74, 6) is 0.862. The molecule has 6 nitrogen and oxygen atoms in total. The molecule has 0 fully saturated rings. The minimum absolute atomic E-state index is 0.0335. The van der Waals surface area contributed by atoms with Crippen LogP contribution in [0.15, 0.2) is 42.5 Å². The van der Waals surface area contributed by atoms with Gasteiger partial charge in [-0.1, -0.05) is 19.1 Å². The van der Waals surface area contributed by atoms with Gasteiger partial charge < -0.3 is 15.0 Å². The van der Waals surface area contributed by atoms with Crippen LogP contribution in [0.25, 0.3) is 22.2 Å². The summed E-state index contributed by atoms with van der Waals surface area (Å²) >= 11 is 0. The van der Waals surface area contributed by atoms with Crippen molar-refractivity contribution >= 4 is 32.3 Å². The molecule has 0 amide bonds. The Hall–Kier alpha value is -2.67. The fourth-order valence-corrected chi connectivity index (χ4v) is 4.04. The lowest BCUT2D eigenvalue weighted by molar-refractivity contribution is 0.317. The molecule has 0 spiro atoms. The van der Waals surface area contributed by atoms with Gasteiger partial charge in [0.2, 0.25) is 10.0 Å². The maximum atomic E-state index is 11.8. The van der Waals surface area contributed by atoms with Gasteiger partial charge in [0.15, 0.2) is 0 Å². The number of nitrogens with two attached hydrogens (primary N) is 1. The number of fused-ring (bicyclic) bond motifs is 1. The van der Waals surface area contributed by atoms with E-state index in [1.807, 2.05) is 30.3 Å². The largest absolute Gasteiger partial charge is 0.494 e. The number of ether oxygens (including phenoxy) is 1. The first-order chi connectivity index (χ1) is 13.8. The summed E-state index contributed by atoms with van der Waals surface area (Å²) in [5.41, 5.74) is 10.7. The fourth-order valence-electron chi connectivity index (χ4n) is 3.40. The predicted octanol–water partition coefficient (Wildman–Crippen LogP) is 5.02. The van der Waals surface area contributed by atoms with Crippen molar-refractivity contribution in [3.05, 3.63) is 42.5 Å². The molecule has 1 aromatic heterocycles. The van der Waals surface area contributed by atoms with Gasteiger partial charge in [-0.3, -0.25) is 4.72 Å².